The third-order valence-electron chi connectivity index (χ3n) is 6.47. The Balaban J connectivity index is 0.000000380. The van der Waals surface area contributed by atoms with Gasteiger partial charge in [0.15, 0.2) is 0 Å². The first-order valence-corrected chi connectivity index (χ1v) is 11.7. The van der Waals surface area contributed by atoms with E-state index >= 15 is 0 Å². The number of aliphatic hydroxyl groups excluding tert-OH is 1. The first-order valence-electron chi connectivity index (χ1n) is 11.7. The van der Waals surface area contributed by atoms with Gasteiger partial charge in [-0.1, -0.05) is 76.2 Å². The van der Waals surface area contributed by atoms with Gasteiger partial charge in [-0.15, -0.1) is 0 Å². The molecule has 0 aliphatic heterocycles. The zero-order valence-corrected chi connectivity index (χ0v) is 20.8. The number of carbonyl (C=O) groups excluding carboxylic acids is 1. The van der Waals surface area contributed by atoms with Crippen molar-refractivity contribution in [1.82, 2.24) is 4.90 Å². The molecular weight excluding hydrogens is 396 g/mol. The van der Waals surface area contributed by atoms with Crippen molar-refractivity contribution in [1.29, 1.82) is 0 Å². The number of aliphatic hydroxyl groups is 1. The molecule has 0 aromatic heterocycles. The van der Waals surface area contributed by atoms with Gasteiger partial charge in [-0.05, 0) is 43.5 Å². The van der Waals surface area contributed by atoms with Crippen LogP contribution in [0.5, 0.6) is 0 Å². The van der Waals surface area contributed by atoms with Crippen LogP contribution in [0, 0.1) is 23.7 Å². The van der Waals surface area contributed by atoms with E-state index in [-0.39, 0.29) is 11.2 Å². The van der Waals surface area contributed by atoms with Gasteiger partial charge in [-0.2, -0.15) is 0 Å². The average Bonchev–Trinajstić information content (AvgIpc) is 2.69. The molecule has 3 atom stereocenters. The summed E-state index contributed by atoms with van der Waals surface area (Å²) in [4.78, 5) is 14.8. The summed E-state index contributed by atoms with van der Waals surface area (Å²) in [5.41, 5.74) is 7.94. The van der Waals surface area contributed by atoms with Gasteiger partial charge < -0.3 is 15.7 Å². The molecule has 0 heterocycles. The fourth-order valence-electron chi connectivity index (χ4n) is 5.25. The van der Waals surface area contributed by atoms with Crippen molar-refractivity contribution in [2.45, 2.75) is 60.0 Å². The Morgan fingerprint density at radius 3 is 2.12 bits per heavy atom. The smallest absolute Gasteiger partial charge is 0.134 e. The van der Waals surface area contributed by atoms with Crippen LogP contribution in [-0.4, -0.2) is 42.0 Å². The van der Waals surface area contributed by atoms with E-state index in [0.717, 1.165) is 30.8 Å². The molecule has 3 unspecified atom stereocenters. The minimum Gasteiger partial charge on any atom is -0.399 e. The van der Waals surface area contributed by atoms with Crippen LogP contribution < -0.4 is 5.73 Å². The van der Waals surface area contributed by atoms with Gasteiger partial charge in [0.25, 0.3) is 0 Å². The van der Waals surface area contributed by atoms with Crippen molar-refractivity contribution in [3.05, 3.63) is 65.7 Å². The maximum absolute atomic E-state index is 12.5. The van der Waals surface area contributed by atoms with Gasteiger partial charge in [-0.25, -0.2) is 0 Å². The van der Waals surface area contributed by atoms with E-state index in [0.29, 0.717) is 18.8 Å². The lowest BCUT2D eigenvalue weighted by atomic mass is 9.58. The van der Waals surface area contributed by atoms with Crippen LogP contribution in [0.4, 0.5) is 5.69 Å². The number of benzene rings is 2. The Labute approximate surface area is 194 Å². The van der Waals surface area contributed by atoms with Crippen LogP contribution in [0.25, 0.3) is 0 Å². The molecule has 3 N–H and O–H groups in total. The van der Waals surface area contributed by atoms with Crippen molar-refractivity contribution < 1.29 is 9.90 Å². The second-order valence-corrected chi connectivity index (χ2v) is 10.7. The van der Waals surface area contributed by atoms with E-state index in [2.05, 4.69) is 51.8 Å². The van der Waals surface area contributed by atoms with Crippen LogP contribution in [0.1, 0.15) is 51.7 Å². The summed E-state index contributed by atoms with van der Waals surface area (Å²) in [7, 11) is 2.09. The van der Waals surface area contributed by atoms with E-state index in [1.807, 2.05) is 49.4 Å². The first-order chi connectivity index (χ1) is 14.9. The molecule has 1 saturated carbocycles. The average molecular weight is 439 g/mol. The zero-order valence-electron chi connectivity index (χ0n) is 20.8. The highest BCUT2D eigenvalue weighted by Crippen LogP contribution is 2.47. The summed E-state index contributed by atoms with van der Waals surface area (Å²) in [6.45, 7) is 12.3. The standard InChI is InChI=1S/C21H33NO2.C7H9N/c1-16(2)14-22(5)15-21(4)13-18(23)12-20(3,19(21)24)11-17-9-7-6-8-10-17;1-6-4-2-3-5-7(6)8/h6-10,16,19,24H,11-15H2,1-5H3;2-5H,8H2,1H3. The highest BCUT2D eigenvalue weighted by Gasteiger charge is 2.51. The summed E-state index contributed by atoms with van der Waals surface area (Å²) in [6.07, 6.45) is 1.19. The number of carbonyl (C=O) groups is 1. The molecule has 0 radical (unpaired) electrons. The molecule has 2 aromatic carbocycles. The Bertz CT molecular complexity index is 846. The van der Waals surface area contributed by atoms with Crippen molar-refractivity contribution in [2.24, 2.45) is 16.7 Å². The number of para-hydroxylation sites is 1. The van der Waals surface area contributed by atoms with Crippen molar-refractivity contribution >= 4 is 11.5 Å². The van der Waals surface area contributed by atoms with Crippen LogP contribution in [0.15, 0.2) is 54.6 Å². The molecule has 1 aliphatic rings. The summed E-state index contributed by atoms with van der Waals surface area (Å²) in [6, 6.07) is 18.0. The minimum atomic E-state index is -0.488. The summed E-state index contributed by atoms with van der Waals surface area (Å²) in [5.74, 6) is 0.852. The fourth-order valence-corrected chi connectivity index (χ4v) is 5.25. The Morgan fingerprint density at radius 1 is 1.03 bits per heavy atom. The van der Waals surface area contributed by atoms with Gasteiger partial charge in [0.05, 0.1) is 6.10 Å². The Morgan fingerprint density at radius 2 is 1.59 bits per heavy atom. The SMILES string of the molecule is CC(C)CN(C)CC1(C)CC(=O)CC(C)(Cc2ccccc2)C1O.Cc1ccccc1N. The third-order valence-corrected chi connectivity index (χ3v) is 6.47. The molecule has 0 bridgehead atoms. The Kier molecular flexibility index (Phi) is 9.06. The zero-order chi connectivity index (χ0) is 23.9. The molecule has 32 heavy (non-hydrogen) atoms. The third kappa shape index (κ3) is 7.18. The molecule has 4 nitrogen and oxygen atoms in total. The summed E-state index contributed by atoms with van der Waals surface area (Å²) < 4.78 is 0. The molecule has 0 saturated heterocycles. The van der Waals surface area contributed by atoms with Gasteiger partial charge >= 0.3 is 0 Å². The second-order valence-electron chi connectivity index (χ2n) is 10.7. The van der Waals surface area contributed by atoms with Crippen LogP contribution in [0.3, 0.4) is 0 Å². The summed E-state index contributed by atoms with van der Waals surface area (Å²) >= 11 is 0. The summed E-state index contributed by atoms with van der Waals surface area (Å²) in [5, 5.41) is 11.2. The molecule has 4 heteroatoms. The predicted octanol–water partition coefficient (Wildman–Crippen LogP) is 5.13. The first kappa shape index (κ1) is 26.1. The van der Waals surface area contributed by atoms with Gasteiger partial charge in [0, 0.05) is 42.4 Å². The fraction of sp³-hybridized carbons (Fsp3) is 0.536. The number of hydrogen-bond donors (Lipinski definition) is 2. The van der Waals surface area contributed by atoms with Gasteiger partial charge in [-0.3, -0.25) is 4.79 Å². The number of aryl methyl sites for hydroxylation is 1. The molecule has 176 valence electrons. The topological polar surface area (TPSA) is 66.6 Å². The number of nitrogen functional groups attached to an aromatic ring is 1. The lowest BCUT2D eigenvalue weighted by Crippen LogP contribution is -2.56. The number of Topliss-reactive ketones (excluding diaryl/α,β-unsaturated/α-hetero) is 1. The Hall–Kier alpha value is -2.17. The molecule has 0 amide bonds. The number of anilines is 1. The number of hydrogen-bond acceptors (Lipinski definition) is 4. The normalized spacial score (nSPS) is 25.5. The lowest BCUT2D eigenvalue weighted by Gasteiger charge is -2.50. The van der Waals surface area contributed by atoms with E-state index in [1.54, 1.807) is 0 Å². The predicted molar refractivity (Wildman–Crippen MR) is 135 cm³/mol. The minimum absolute atomic E-state index is 0.277. The number of ketones is 1. The van der Waals surface area contributed by atoms with E-state index in [4.69, 9.17) is 5.73 Å². The molecule has 2 aromatic rings. The lowest BCUT2D eigenvalue weighted by molar-refractivity contribution is -0.146. The quantitative estimate of drug-likeness (QED) is 0.614. The number of nitrogens with zero attached hydrogens (tertiary/aromatic N) is 1. The van der Waals surface area contributed by atoms with E-state index in [9.17, 15) is 9.90 Å². The largest absolute Gasteiger partial charge is 0.399 e. The number of rotatable bonds is 6. The van der Waals surface area contributed by atoms with Crippen LogP contribution in [0.2, 0.25) is 0 Å². The van der Waals surface area contributed by atoms with Crippen molar-refractivity contribution in [2.75, 3.05) is 25.9 Å². The molecule has 1 aliphatic carbocycles. The maximum atomic E-state index is 12.5. The van der Waals surface area contributed by atoms with E-state index in [1.165, 1.54) is 5.56 Å². The molecule has 1 fully saturated rings. The molecule has 0 spiro atoms. The van der Waals surface area contributed by atoms with Crippen LogP contribution >= 0.6 is 0 Å². The maximum Gasteiger partial charge on any atom is 0.134 e. The van der Waals surface area contributed by atoms with Gasteiger partial charge in [0.1, 0.15) is 5.78 Å². The van der Waals surface area contributed by atoms with E-state index < -0.39 is 11.5 Å². The second kappa shape index (κ2) is 11.1. The highest BCUT2D eigenvalue weighted by molar-refractivity contribution is 5.81. The monoisotopic (exact) mass is 438 g/mol. The number of nitrogens with two attached hydrogens (primary N) is 1. The van der Waals surface area contributed by atoms with Crippen LogP contribution in [-0.2, 0) is 11.2 Å². The van der Waals surface area contributed by atoms with Gasteiger partial charge in [0.2, 0.25) is 0 Å². The van der Waals surface area contributed by atoms with Crippen molar-refractivity contribution in [3.8, 4) is 0 Å². The van der Waals surface area contributed by atoms with Crippen molar-refractivity contribution in [3.63, 3.8) is 0 Å². The molecule has 3 rings (SSSR count). The molecular formula is C28H42N2O2. The highest BCUT2D eigenvalue weighted by atomic mass is 16.3.